The molecule has 0 fully saturated rings. The zero-order valence-corrected chi connectivity index (χ0v) is 17.5. The fourth-order valence-electron chi connectivity index (χ4n) is 3.10. The molecule has 0 aliphatic rings. The highest BCUT2D eigenvalue weighted by molar-refractivity contribution is 7.95. The molecule has 2 aromatic heterocycles. The Hall–Kier alpha value is -4.02. The van der Waals surface area contributed by atoms with Gasteiger partial charge in [-0.25, -0.2) is 13.1 Å². The van der Waals surface area contributed by atoms with Gasteiger partial charge in [-0.1, -0.05) is 35.9 Å². The Morgan fingerprint density at radius 3 is 2.32 bits per heavy atom. The molecule has 0 aliphatic carbocycles. The van der Waals surface area contributed by atoms with Crippen molar-refractivity contribution in [2.24, 2.45) is 0 Å². The number of sulfone groups is 1. The maximum absolute atomic E-state index is 13.1. The number of pyridine rings is 1. The first kappa shape index (κ1) is 20.3. The van der Waals surface area contributed by atoms with E-state index in [1.807, 2.05) is 43.3 Å². The van der Waals surface area contributed by atoms with Crippen LogP contribution in [-0.4, -0.2) is 23.2 Å². The van der Waals surface area contributed by atoms with Crippen molar-refractivity contribution in [2.45, 2.75) is 11.8 Å². The van der Waals surface area contributed by atoms with E-state index >= 15 is 0 Å². The van der Waals surface area contributed by atoms with Crippen LogP contribution in [0.2, 0.25) is 0 Å². The Labute approximate surface area is 180 Å². The Kier molecular flexibility index (Phi) is 5.48. The smallest absolute Gasteiger partial charge is 0.216 e. The van der Waals surface area contributed by atoms with Crippen LogP contribution >= 0.6 is 0 Å². The molecule has 0 aliphatic heterocycles. The number of aromatic nitrogens is 3. The summed E-state index contributed by atoms with van der Waals surface area (Å²) in [6.07, 6.45) is 6.36. The van der Waals surface area contributed by atoms with Gasteiger partial charge in [0.2, 0.25) is 9.84 Å². The van der Waals surface area contributed by atoms with E-state index in [9.17, 15) is 13.7 Å². The van der Waals surface area contributed by atoms with Crippen molar-refractivity contribution in [3.8, 4) is 23.0 Å². The highest BCUT2D eigenvalue weighted by Gasteiger charge is 2.22. The summed E-state index contributed by atoms with van der Waals surface area (Å²) in [7, 11) is -3.97. The number of nitriles is 1. The molecule has 4 aromatic rings. The third-order valence-electron chi connectivity index (χ3n) is 4.73. The first-order chi connectivity index (χ1) is 15.0. The first-order valence-corrected chi connectivity index (χ1v) is 11.0. The first-order valence-electron chi connectivity index (χ1n) is 9.48. The molecule has 31 heavy (non-hydrogen) atoms. The van der Waals surface area contributed by atoms with Crippen LogP contribution in [0.25, 0.3) is 23.0 Å². The molecular weight excluding hydrogens is 408 g/mol. The molecule has 0 amide bonds. The average Bonchev–Trinajstić information content (AvgIpc) is 3.23. The lowest BCUT2D eigenvalue weighted by Crippen LogP contribution is -2.03. The van der Waals surface area contributed by atoms with Crippen molar-refractivity contribution in [2.75, 3.05) is 0 Å². The molecular formula is C24H18N4O2S. The number of benzene rings is 2. The minimum atomic E-state index is -3.97. The van der Waals surface area contributed by atoms with Crippen LogP contribution in [0, 0.1) is 18.3 Å². The van der Waals surface area contributed by atoms with E-state index in [1.54, 1.807) is 47.5 Å². The average molecular weight is 427 g/mol. The summed E-state index contributed by atoms with van der Waals surface area (Å²) in [6.45, 7) is 1.87. The van der Waals surface area contributed by atoms with Crippen LogP contribution < -0.4 is 0 Å². The van der Waals surface area contributed by atoms with Crippen molar-refractivity contribution < 1.29 is 8.42 Å². The molecule has 0 saturated heterocycles. The van der Waals surface area contributed by atoms with E-state index < -0.39 is 9.84 Å². The molecule has 7 heteroatoms. The molecule has 2 heterocycles. The molecule has 0 bridgehead atoms. The van der Waals surface area contributed by atoms with E-state index in [0.717, 1.165) is 16.8 Å². The van der Waals surface area contributed by atoms with Crippen LogP contribution in [0.4, 0.5) is 0 Å². The summed E-state index contributed by atoms with van der Waals surface area (Å²) in [5, 5.41) is 14.3. The van der Waals surface area contributed by atoms with Gasteiger partial charge in [-0.05, 0) is 49.4 Å². The lowest BCUT2D eigenvalue weighted by atomic mass is 10.1. The fraction of sp³-hybridized carbons (Fsp3) is 0.0417. The fourth-order valence-corrected chi connectivity index (χ4v) is 4.25. The minimum Gasteiger partial charge on any atom is -0.265 e. The van der Waals surface area contributed by atoms with Crippen molar-refractivity contribution in [1.29, 1.82) is 5.26 Å². The maximum atomic E-state index is 13.1. The third kappa shape index (κ3) is 4.15. The van der Waals surface area contributed by atoms with Gasteiger partial charge in [-0.2, -0.15) is 10.4 Å². The van der Waals surface area contributed by atoms with E-state index in [1.165, 1.54) is 18.2 Å². The summed E-state index contributed by atoms with van der Waals surface area (Å²) in [4.78, 5) is 3.76. The number of aryl methyl sites for hydroxylation is 1. The highest BCUT2D eigenvalue weighted by atomic mass is 32.2. The largest absolute Gasteiger partial charge is 0.265 e. The summed E-state index contributed by atoms with van der Waals surface area (Å²) >= 11 is 0. The predicted octanol–water partition coefficient (Wildman–Crippen LogP) is 4.58. The van der Waals surface area contributed by atoms with Gasteiger partial charge in [0.1, 0.15) is 16.7 Å². The second kappa shape index (κ2) is 8.38. The number of nitrogens with zero attached hydrogens (tertiary/aromatic N) is 4. The van der Waals surface area contributed by atoms with Crippen molar-refractivity contribution in [1.82, 2.24) is 14.8 Å². The third-order valence-corrected chi connectivity index (χ3v) is 6.42. The van der Waals surface area contributed by atoms with Crippen LogP contribution in [0.5, 0.6) is 0 Å². The monoisotopic (exact) mass is 426 g/mol. The Morgan fingerprint density at radius 2 is 1.68 bits per heavy atom. The van der Waals surface area contributed by atoms with Crippen molar-refractivity contribution in [3.63, 3.8) is 0 Å². The normalized spacial score (nSPS) is 11.8. The minimum absolute atomic E-state index is 0.0758. The standard InChI is InChI=1S/C24H18N4O2S/c1-18-7-9-22(10-8-18)31(29,30)23(16-25)15-20-17-28(21-5-3-2-4-6-21)27-24(20)19-11-13-26-14-12-19/h2-15,17H,1H3/b23-15-. The van der Waals surface area contributed by atoms with Gasteiger partial charge in [0.05, 0.1) is 10.6 Å². The van der Waals surface area contributed by atoms with E-state index in [0.29, 0.717) is 11.3 Å². The molecule has 0 saturated carbocycles. The van der Waals surface area contributed by atoms with Gasteiger partial charge in [0.25, 0.3) is 0 Å². The number of para-hydroxylation sites is 1. The lowest BCUT2D eigenvalue weighted by Gasteiger charge is -2.04. The van der Waals surface area contributed by atoms with E-state index in [4.69, 9.17) is 0 Å². The molecule has 4 rings (SSSR count). The van der Waals surface area contributed by atoms with Crippen LogP contribution in [0.1, 0.15) is 11.1 Å². The number of hydrogen-bond acceptors (Lipinski definition) is 5. The quantitative estimate of drug-likeness (QED) is 0.436. The van der Waals surface area contributed by atoms with Gasteiger partial charge < -0.3 is 0 Å². The zero-order valence-electron chi connectivity index (χ0n) is 16.7. The molecule has 0 unspecified atom stereocenters. The van der Waals surface area contributed by atoms with Crippen LogP contribution in [0.3, 0.4) is 0 Å². The van der Waals surface area contributed by atoms with Crippen molar-refractivity contribution >= 4 is 15.9 Å². The summed E-state index contributed by atoms with van der Waals surface area (Å²) in [6, 6.07) is 21.3. The second-order valence-electron chi connectivity index (χ2n) is 6.89. The van der Waals surface area contributed by atoms with Gasteiger partial charge in [0.15, 0.2) is 0 Å². The van der Waals surface area contributed by atoms with Crippen LogP contribution in [0.15, 0.2) is 95.1 Å². The Morgan fingerprint density at radius 1 is 1.00 bits per heavy atom. The van der Waals surface area contributed by atoms with Crippen LogP contribution in [-0.2, 0) is 9.84 Å². The zero-order chi connectivity index (χ0) is 21.8. The Bertz CT molecular complexity index is 1380. The molecule has 0 atom stereocenters. The molecule has 152 valence electrons. The molecule has 2 aromatic carbocycles. The molecule has 6 nitrogen and oxygen atoms in total. The van der Waals surface area contributed by atoms with Gasteiger partial charge in [0, 0.05) is 29.7 Å². The van der Waals surface area contributed by atoms with Crippen molar-refractivity contribution in [3.05, 3.63) is 101 Å². The van der Waals surface area contributed by atoms with Gasteiger partial charge in [-0.3, -0.25) is 4.98 Å². The van der Waals surface area contributed by atoms with Gasteiger partial charge >= 0.3 is 0 Å². The number of hydrogen-bond donors (Lipinski definition) is 0. The molecule has 0 N–H and O–H groups in total. The maximum Gasteiger partial charge on any atom is 0.216 e. The van der Waals surface area contributed by atoms with E-state index in [2.05, 4.69) is 10.1 Å². The SMILES string of the molecule is Cc1ccc(S(=O)(=O)/C(C#N)=C\c2cn(-c3ccccc3)nc2-c2ccncc2)cc1. The molecule has 0 radical (unpaired) electrons. The predicted molar refractivity (Wildman–Crippen MR) is 119 cm³/mol. The Balaban J connectivity index is 1.87. The lowest BCUT2D eigenvalue weighted by molar-refractivity contribution is 0.603. The molecule has 0 spiro atoms. The summed E-state index contributed by atoms with van der Waals surface area (Å²) in [5.41, 5.74) is 3.59. The number of rotatable bonds is 5. The topological polar surface area (TPSA) is 88.6 Å². The number of allylic oxidation sites excluding steroid dienone is 1. The second-order valence-corrected chi connectivity index (χ2v) is 8.80. The van der Waals surface area contributed by atoms with Gasteiger partial charge in [-0.15, -0.1) is 0 Å². The highest BCUT2D eigenvalue weighted by Crippen LogP contribution is 2.28. The summed E-state index contributed by atoms with van der Waals surface area (Å²) in [5.74, 6) is 0. The van der Waals surface area contributed by atoms with E-state index in [-0.39, 0.29) is 9.80 Å². The summed E-state index contributed by atoms with van der Waals surface area (Å²) < 4.78 is 27.8.